The molecular weight excluding hydrogens is 384 g/mol. The number of nitrogens with one attached hydrogen (secondary N) is 2. The van der Waals surface area contributed by atoms with Crippen LogP contribution in [0.5, 0.6) is 0 Å². The van der Waals surface area contributed by atoms with Crippen LogP contribution in [0.25, 0.3) is 0 Å². The maximum absolute atomic E-state index is 6.00. The highest BCUT2D eigenvalue weighted by Crippen LogP contribution is 2.17. The molecule has 6 nitrogen and oxygen atoms in total. The summed E-state index contributed by atoms with van der Waals surface area (Å²) < 4.78 is 0. The van der Waals surface area contributed by atoms with Gasteiger partial charge in [-0.3, -0.25) is 19.7 Å². The number of rotatable bonds is 6. The highest BCUT2D eigenvalue weighted by atomic mass is 35.5. The molecule has 4 aliphatic heterocycles. The minimum absolute atomic E-state index is 0.501. The maximum atomic E-state index is 6.00. The first kappa shape index (κ1) is 20.9. The molecule has 1 unspecified atom stereocenters. The molecule has 160 valence electrons. The number of halogens is 1. The van der Waals surface area contributed by atoms with Crippen molar-refractivity contribution in [3.05, 3.63) is 34.9 Å². The molecular formula is C22H35ClN6. The summed E-state index contributed by atoms with van der Waals surface area (Å²) in [5, 5.41) is 7.95. The SMILES string of the molecule is CCNC(=NCC1CN2CCN1CC2)NC1CCN(Cc2ccc(Cl)cc2)CC1. The average Bonchev–Trinajstić information content (AvgIpc) is 2.76. The van der Waals surface area contributed by atoms with Gasteiger partial charge in [0.2, 0.25) is 0 Å². The van der Waals surface area contributed by atoms with Gasteiger partial charge in [0.15, 0.2) is 5.96 Å². The predicted molar refractivity (Wildman–Crippen MR) is 121 cm³/mol. The summed E-state index contributed by atoms with van der Waals surface area (Å²) in [4.78, 5) is 12.7. The topological polar surface area (TPSA) is 46.1 Å². The fraction of sp³-hybridized carbons (Fsp3) is 0.682. The Hall–Kier alpha value is -1.34. The fourth-order valence-corrected chi connectivity index (χ4v) is 4.82. The number of aliphatic imine (C=N–C) groups is 1. The van der Waals surface area contributed by atoms with E-state index < -0.39 is 0 Å². The number of likely N-dealkylation sites (tertiary alicyclic amines) is 1. The van der Waals surface area contributed by atoms with E-state index in [1.807, 2.05) is 12.1 Å². The molecule has 7 heteroatoms. The Morgan fingerprint density at radius 3 is 2.41 bits per heavy atom. The molecule has 4 fully saturated rings. The Bertz CT molecular complexity index is 662. The lowest BCUT2D eigenvalue weighted by Crippen LogP contribution is -2.62. The summed E-state index contributed by atoms with van der Waals surface area (Å²) in [7, 11) is 0. The van der Waals surface area contributed by atoms with E-state index in [-0.39, 0.29) is 0 Å². The minimum atomic E-state index is 0.501. The standard InChI is InChI=1S/C22H35ClN6/c1-2-24-22(25-15-21-17-28-11-13-29(21)14-12-28)26-20-7-9-27(10-8-20)16-18-3-5-19(23)6-4-18/h3-6,20-21H,2,7-17H2,1H3,(H2,24,25,26). The van der Waals surface area contributed by atoms with Gasteiger partial charge in [0, 0.05) is 76.0 Å². The van der Waals surface area contributed by atoms with Crippen molar-refractivity contribution in [3.63, 3.8) is 0 Å². The number of benzene rings is 1. The Labute approximate surface area is 180 Å². The monoisotopic (exact) mass is 418 g/mol. The normalized spacial score (nSPS) is 28.5. The van der Waals surface area contributed by atoms with Gasteiger partial charge in [-0.2, -0.15) is 0 Å². The minimum Gasteiger partial charge on any atom is -0.357 e. The Balaban J connectivity index is 1.24. The van der Waals surface area contributed by atoms with Gasteiger partial charge in [-0.15, -0.1) is 0 Å². The first-order valence-electron chi connectivity index (χ1n) is 11.2. The third-order valence-corrected chi connectivity index (χ3v) is 6.70. The van der Waals surface area contributed by atoms with Crippen LogP contribution in [0, 0.1) is 0 Å². The highest BCUT2D eigenvalue weighted by Gasteiger charge is 2.31. The van der Waals surface area contributed by atoms with Crippen molar-refractivity contribution in [3.8, 4) is 0 Å². The Morgan fingerprint density at radius 1 is 1.07 bits per heavy atom. The molecule has 5 rings (SSSR count). The van der Waals surface area contributed by atoms with E-state index in [9.17, 15) is 0 Å². The second-order valence-electron chi connectivity index (χ2n) is 8.53. The molecule has 2 bridgehead atoms. The molecule has 0 aromatic heterocycles. The number of piperazine rings is 3. The van der Waals surface area contributed by atoms with Crippen molar-refractivity contribution in [2.75, 3.05) is 58.9 Å². The van der Waals surface area contributed by atoms with Crippen LogP contribution in [0.4, 0.5) is 0 Å². The van der Waals surface area contributed by atoms with Gasteiger partial charge in [0.1, 0.15) is 0 Å². The Morgan fingerprint density at radius 2 is 1.79 bits per heavy atom. The van der Waals surface area contributed by atoms with Gasteiger partial charge in [-0.25, -0.2) is 0 Å². The fourth-order valence-electron chi connectivity index (χ4n) is 4.69. The molecule has 4 saturated heterocycles. The first-order valence-corrected chi connectivity index (χ1v) is 11.6. The van der Waals surface area contributed by atoms with E-state index in [2.05, 4.69) is 44.4 Å². The van der Waals surface area contributed by atoms with Crippen LogP contribution in [0.3, 0.4) is 0 Å². The van der Waals surface area contributed by atoms with Crippen LogP contribution in [0.2, 0.25) is 5.02 Å². The molecule has 4 aliphatic rings. The first-order chi connectivity index (χ1) is 14.2. The molecule has 0 aliphatic carbocycles. The molecule has 0 amide bonds. The summed E-state index contributed by atoms with van der Waals surface area (Å²) in [6.45, 7) is 13.2. The van der Waals surface area contributed by atoms with Gasteiger partial charge in [-0.05, 0) is 37.5 Å². The molecule has 0 radical (unpaired) electrons. The molecule has 1 aromatic rings. The summed E-state index contributed by atoms with van der Waals surface area (Å²) in [6.07, 6.45) is 2.31. The van der Waals surface area contributed by atoms with E-state index in [0.29, 0.717) is 12.1 Å². The van der Waals surface area contributed by atoms with Gasteiger partial charge in [0.25, 0.3) is 0 Å². The van der Waals surface area contributed by atoms with E-state index in [4.69, 9.17) is 16.6 Å². The van der Waals surface area contributed by atoms with Gasteiger partial charge < -0.3 is 10.6 Å². The van der Waals surface area contributed by atoms with E-state index in [1.165, 1.54) is 38.3 Å². The predicted octanol–water partition coefficient (Wildman–Crippen LogP) is 1.86. The smallest absolute Gasteiger partial charge is 0.191 e. The van der Waals surface area contributed by atoms with Crippen molar-refractivity contribution in [2.45, 2.75) is 38.4 Å². The maximum Gasteiger partial charge on any atom is 0.191 e. The van der Waals surface area contributed by atoms with Crippen LogP contribution in [0.15, 0.2) is 29.3 Å². The molecule has 0 spiro atoms. The van der Waals surface area contributed by atoms with E-state index in [1.54, 1.807) is 0 Å². The number of nitrogens with zero attached hydrogens (tertiary/aromatic N) is 4. The van der Waals surface area contributed by atoms with E-state index in [0.717, 1.165) is 56.5 Å². The second-order valence-corrected chi connectivity index (χ2v) is 8.97. The van der Waals surface area contributed by atoms with Crippen molar-refractivity contribution >= 4 is 17.6 Å². The largest absolute Gasteiger partial charge is 0.357 e. The van der Waals surface area contributed by atoms with Crippen LogP contribution in [-0.4, -0.2) is 91.6 Å². The average molecular weight is 419 g/mol. The molecule has 2 N–H and O–H groups in total. The van der Waals surface area contributed by atoms with E-state index >= 15 is 0 Å². The lowest BCUT2D eigenvalue weighted by Gasteiger charge is -2.47. The Kier molecular flexibility index (Phi) is 7.29. The number of hydrogen-bond donors (Lipinski definition) is 2. The summed E-state index contributed by atoms with van der Waals surface area (Å²) in [5.41, 5.74) is 1.34. The van der Waals surface area contributed by atoms with Crippen molar-refractivity contribution in [2.24, 2.45) is 4.99 Å². The van der Waals surface area contributed by atoms with Gasteiger partial charge >= 0.3 is 0 Å². The summed E-state index contributed by atoms with van der Waals surface area (Å²) >= 11 is 6.00. The third kappa shape index (κ3) is 5.85. The van der Waals surface area contributed by atoms with Crippen LogP contribution >= 0.6 is 11.6 Å². The number of guanidine groups is 1. The van der Waals surface area contributed by atoms with Gasteiger partial charge in [0.05, 0.1) is 6.54 Å². The molecule has 1 atom stereocenters. The number of hydrogen-bond acceptors (Lipinski definition) is 4. The molecule has 1 aromatic carbocycles. The molecule has 0 saturated carbocycles. The quantitative estimate of drug-likeness (QED) is 0.545. The van der Waals surface area contributed by atoms with Crippen molar-refractivity contribution < 1.29 is 0 Å². The highest BCUT2D eigenvalue weighted by molar-refractivity contribution is 6.30. The third-order valence-electron chi connectivity index (χ3n) is 6.44. The van der Waals surface area contributed by atoms with Crippen molar-refractivity contribution in [1.29, 1.82) is 0 Å². The lowest BCUT2D eigenvalue weighted by atomic mass is 10.0. The number of fused-ring (bicyclic) bond motifs is 3. The summed E-state index contributed by atoms with van der Waals surface area (Å²) in [5.74, 6) is 0.987. The van der Waals surface area contributed by atoms with Crippen molar-refractivity contribution in [1.82, 2.24) is 25.3 Å². The zero-order valence-corrected chi connectivity index (χ0v) is 18.4. The second kappa shape index (κ2) is 10.1. The van der Waals surface area contributed by atoms with Gasteiger partial charge in [-0.1, -0.05) is 23.7 Å². The zero-order chi connectivity index (χ0) is 20.1. The number of piperidine rings is 1. The van der Waals surface area contributed by atoms with Crippen LogP contribution < -0.4 is 10.6 Å². The molecule has 4 heterocycles. The molecule has 29 heavy (non-hydrogen) atoms. The summed E-state index contributed by atoms with van der Waals surface area (Å²) in [6, 6.07) is 9.31. The van der Waals surface area contributed by atoms with Crippen LogP contribution in [-0.2, 0) is 6.54 Å². The van der Waals surface area contributed by atoms with Crippen LogP contribution in [0.1, 0.15) is 25.3 Å². The zero-order valence-electron chi connectivity index (χ0n) is 17.6. The lowest BCUT2D eigenvalue weighted by molar-refractivity contribution is 0.0174.